The summed E-state index contributed by atoms with van der Waals surface area (Å²) in [5.41, 5.74) is 3.46. The monoisotopic (exact) mass is 511 g/mol. The van der Waals surface area contributed by atoms with Crippen molar-refractivity contribution in [2.45, 2.75) is 20.3 Å². The van der Waals surface area contributed by atoms with Crippen LogP contribution in [-0.2, 0) is 23.9 Å². The van der Waals surface area contributed by atoms with Crippen molar-refractivity contribution in [3.63, 3.8) is 0 Å². The van der Waals surface area contributed by atoms with Crippen LogP contribution in [0.25, 0.3) is 0 Å². The van der Waals surface area contributed by atoms with E-state index in [1.54, 1.807) is 24.3 Å². The molecule has 3 amide bonds. The molecule has 0 aliphatic carbocycles. The minimum atomic E-state index is -0.839. The lowest BCUT2D eigenvalue weighted by Crippen LogP contribution is -2.43. The molecule has 3 rings (SSSR count). The van der Waals surface area contributed by atoms with Gasteiger partial charge in [-0.25, -0.2) is 4.79 Å². The number of hydrazine groups is 1. The molecule has 1 aliphatic rings. The van der Waals surface area contributed by atoms with Gasteiger partial charge in [0, 0.05) is 12.1 Å². The third-order valence-electron chi connectivity index (χ3n) is 5.34. The number of carbonyl (C=O) groups is 5. The van der Waals surface area contributed by atoms with Gasteiger partial charge in [-0.15, -0.1) is 0 Å². The molecule has 1 saturated heterocycles. The first-order valence-corrected chi connectivity index (χ1v) is 11.7. The molecule has 0 unspecified atom stereocenters. The Bertz CT molecular complexity index is 1160. The van der Waals surface area contributed by atoms with E-state index in [4.69, 9.17) is 14.2 Å². The van der Waals surface area contributed by atoms with E-state index < -0.39 is 42.2 Å². The molecule has 11 nitrogen and oxygen atoms in total. The predicted octanol–water partition coefficient (Wildman–Crippen LogP) is 2.18. The second kappa shape index (κ2) is 12.5. The van der Waals surface area contributed by atoms with Crippen LogP contribution in [0, 0.1) is 11.8 Å². The molecule has 1 aliphatic heterocycles. The molecule has 0 bridgehead atoms. The van der Waals surface area contributed by atoms with Crippen molar-refractivity contribution in [3.8, 4) is 5.75 Å². The highest BCUT2D eigenvalue weighted by Crippen LogP contribution is 2.20. The summed E-state index contributed by atoms with van der Waals surface area (Å²) in [6.45, 7) is 3.52. The number of amides is 3. The number of methoxy groups -OCH3 is 1. The molecule has 37 heavy (non-hydrogen) atoms. The number of ether oxygens (including phenoxy) is 3. The number of hydrogen-bond acceptors (Lipinski definition) is 8. The van der Waals surface area contributed by atoms with Crippen LogP contribution < -0.4 is 15.5 Å². The number of benzene rings is 2. The first kappa shape index (κ1) is 27.2. The van der Waals surface area contributed by atoms with E-state index in [9.17, 15) is 24.0 Å². The van der Waals surface area contributed by atoms with Crippen LogP contribution in [0.3, 0.4) is 0 Å². The molecule has 1 heterocycles. The van der Waals surface area contributed by atoms with Gasteiger partial charge in [0.1, 0.15) is 5.75 Å². The lowest BCUT2D eigenvalue weighted by Gasteiger charge is -2.18. The molecule has 1 atom stereocenters. The minimum Gasteiger partial charge on any atom is -0.496 e. The Morgan fingerprint density at radius 1 is 1.03 bits per heavy atom. The number of rotatable bonds is 10. The highest BCUT2D eigenvalue weighted by Gasteiger charge is 2.37. The maximum atomic E-state index is 12.5. The summed E-state index contributed by atoms with van der Waals surface area (Å²) < 4.78 is 15.4. The molecule has 2 N–H and O–H groups in total. The maximum absolute atomic E-state index is 12.5. The molecule has 0 aromatic heterocycles. The summed E-state index contributed by atoms with van der Waals surface area (Å²) in [4.78, 5) is 61.4. The zero-order chi connectivity index (χ0) is 26.9. The van der Waals surface area contributed by atoms with Crippen LogP contribution in [-0.4, -0.2) is 61.5 Å². The van der Waals surface area contributed by atoms with Gasteiger partial charge in [0.05, 0.1) is 37.3 Å². The Morgan fingerprint density at radius 3 is 2.41 bits per heavy atom. The highest BCUT2D eigenvalue weighted by atomic mass is 16.5. The van der Waals surface area contributed by atoms with Gasteiger partial charge >= 0.3 is 11.9 Å². The van der Waals surface area contributed by atoms with Crippen molar-refractivity contribution < 1.29 is 38.2 Å². The van der Waals surface area contributed by atoms with Crippen molar-refractivity contribution in [1.29, 1.82) is 0 Å². The van der Waals surface area contributed by atoms with Crippen LogP contribution in [0.4, 0.5) is 5.69 Å². The molecule has 0 spiro atoms. The van der Waals surface area contributed by atoms with E-state index in [2.05, 4.69) is 10.7 Å². The second-order valence-electron chi connectivity index (χ2n) is 8.77. The van der Waals surface area contributed by atoms with Gasteiger partial charge in [-0.1, -0.05) is 26.0 Å². The number of hydrogen-bond donors (Lipinski definition) is 2. The topological polar surface area (TPSA) is 140 Å². The molecule has 11 heteroatoms. The Balaban J connectivity index is 1.45. The summed E-state index contributed by atoms with van der Waals surface area (Å²) in [6, 6.07) is 12.6. The van der Waals surface area contributed by atoms with E-state index >= 15 is 0 Å². The third kappa shape index (κ3) is 7.53. The average Bonchev–Trinajstić information content (AvgIpc) is 3.26. The van der Waals surface area contributed by atoms with Crippen molar-refractivity contribution in [2.24, 2.45) is 11.8 Å². The van der Waals surface area contributed by atoms with E-state index in [-0.39, 0.29) is 24.4 Å². The first-order valence-electron chi connectivity index (χ1n) is 11.7. The van der Waals surface area contributed by atoms with Gasteiger partial charge < -0.3 is 19.5 Å². The van der Waals surface area contributed by atoms with Crippen LogP contribution in [0.2, 0.25) is 0 Å². The summed E-state index contributed by atoms with van der Waals surface area (Å²) in [5, 5.41) is 3.61. The number of carbonyl (C=O) groups excluding carboxylic acids is 5. The van der Waals surface area contributed by atoms with Crippen LogP contribution >= 0.6 is 0 Å². The zero-order valence-corrected chi connectivity index (χ0v) is 20.8. The highest BCUT2D eigenvalue weighted by molar-refractivity contribution is 5.99. The van der Waals surface area contributed by atoms with Gasteiger partial charge in [0.15, 0.2) is 6.61 Å². The standard InChI is InChI=1S/C26H29N3O8/c1-16(2)14-36-25(33)17-8-10-19(11-9-17)27-22(30)15-37-26(34)18-12-23(31)29(13-18)28-24(32)20-6-4-5-7-21(20)35-3/h4-11,16,18H,12-15H2,1-3H3,(H,27,30)(H,28,32)/t18-/m0/s1. The molecular formula is C26H29N3O8. The molecule has 2 aromatic carbocycles. The SMILES string of the molecule is COc1ccccc1C(=O)NN1C[C@@H](C(=O)OCC(=O)Nc2ccc(C(=O)OCC(C)C)cc2)CC1=O. The fourth-order valence-electron chi connectivity index (χ4n) is 3.46. The van der Waals surface area contributed by atoms with E-state index in [0.717, 1.165) is 5.01 Å². The largest absolute Gasteiger partial charge is 0.496 e. The maximum Gasteiger partial charge on any atom is 0.338 e. The van der Waals surface area contributed by atoms with Crippen LogP contribution in [0.5, 0.6) is 5.75 Å². The lowest BCUT2D eigenvalue weighted by molar-refractivity contribution is -0.151. The summed E-state index contributed by atoms with van der Waals surface area (Å²) >= 11 is 0. The zero-order valence-electron chi connectivity index (χ0n) is 20.8. The number of esters is 2. The van der Waals surface area contributed by atoms with Crippen molar-refractivity contribution in [1.82, 2.24) is 10.4 Å². The van der Waals surface area contributed by atoms with Gasteiger partial charge in [0.25, 0.3) is 11.8 Å². The first-order chi connectivity index (χ1) is 17.7. The van der Waals surface area contributed by atoms with Crippen molar-refractivity contribution in [2.75, 3.05) is 32.2 Å². The second-order valence-corrected chi connectivity index (χ2v) is 8.77. The normalized spacial score (nSPS) is 14.8. The van der Waals surface area contributed by atoms with Crippen LogP contribution in [0.15, 0.2) is 48.5 Å². The Kier molecular flexibility index (Phi) is 9.20. The quantitative estimate of drug-likeness (QED) is 0.463. The van der Waals surface area contributed by atoms with Gasteiger partial charge in [-0.2, -0.15) is 0 Å². The Morgan fingerprint density at radius 2 is 1.73 bits per heavy atom. The Hall–Kier alpha value is -4.41. The number of anilines is 1. The number of nitrogens with one attached hydrogen (secondary N) is 2. The fraction of sp³-hybridized carbons (Fsp3) is 0.346. The molecule has 1 fully saturated rings. The molecule has 0 saturated carbocycles. The summed E-state index contributed by atoms with van der Waals surface area (Å²) in [5.74, 6) is -3.08. The van der Waals surface area contributed by atoms with Gasteiger partial charge in [-0.3, -0.25) is 29.6 Å². The fourth-order valence-corrected chi connectivity index (χ4v) is 3.46. The average molecular weight is 512 g/mol. The van der Waals surface area contributed by atoms with E-state index in [1.165, 1.54) is 31.4 Å². The van der Waals surface area contributed by atoms with Crippen molar-refractivity contribution in [3.05, 3.63) is 59.7 Å². The predicted molar refractivity (Wildman–Crippen MR) is 131 cm³/mol. The minimum absolute atomic E-state index is 0.0887. The lowest BCUT2D eigenvalue weighted by atomic mass is 10.1. The molecular weight excluding hydrogens is 482 g/mol. The summed E-state index contributed by atoms with van der Waals surface area (Å²) in [6.07, 6.45) is -0.166. The van der Waals surface area contributed by atoms with Crippen LogP contribution in [0.1, 0.15) is 41.0 Å². The molecule has 0 radical (unpaired) electrons. The van der Waals surface area contributed by atoms with Gasteiger partial charge in [0.2, 0.25) is 5.91 Å². The van der Waals surface area contributed by atoms with Gasteiger partial charge in [-0.05, 0) is 42.3 Å². The molecule has 196 valence electrons. The molecule has 2 aromatic rings. The number of para-hydroxylation sites is 1. The smallest absolute Gasteiger partial charge is 0.338 e. The third-order valence-corrected chi connectivity index (χ3v) is 5.34. The summed E-state index contributed by atoms with van der Waals surface area (Å²) in [7, 11) is 1.43. The van der Waals surface area contributed by atoms with E-state index in [0.29, 0.717) is 23.6 Å². The Labute approximate surface area is 214 Å². The van der Waals surface area contributed by atoms with Crippen molar-refractivity contribution >= 4 is 35.3 Å². The van der Waals surface area contributed by atoms with E-state index in [1.807, 2.05) is 13.8 Å². The number of nitrogens with zero attached hydrogens (tertiary/aromatic N) is 1.